The van der Waals surface area contributed by atoms with Crippen molar-refractivity contribution in [2.75, 3.05) is 19.5 Å². The summed E-state index contributed by atoms with van der Waals surface area (Å²) < 4.78 is 5.10. The van der Waals surface area contributed by atoms with Crippen LogP contribution >= 0.6 is 0 Å². The second-order valence-electron chi connectivity index (χ2n) is 2.94. The van der Waals surface area contributed by atoms with Crippen LogP contribution in [0.3, 0.4) is 0 Å². The monoisotopic (exact) mass is 209 g/mol. The van der Waals surface area contributed by atoms with E-state index in [-0.39, 0.29) is 6.03 Å². The predicted molar refractivity (Wildman–Crippen MR) is 58.2 cm³/mol. The van der Waals surface area contributed by atoms with Gasteiger partial charge in [-0.1, -0.05) is 6.92 Å². The Bertz CT molecular complexity index is 330. The van der Waals surface area contributed by atoms with Gasteiger partial charge in [0.05, 0.1) is 7.11 Å². The summed E-state index contributed by atoms with van der Waals surface area (Å²) >= 11 is 0. The number of aryl methyl sites for hydroxylation is 1. The number of pyridine rings is 1. The molecule has 0 radical (unpaired) electrons. The number of ether oxygens (including phenoxy) is 1. The Labute approximate surface area is 88.9 Å². The summed E-state index contributed by atoms with van der Waals surface area (Å²) in [7, 11) is 3.13. The lowest BCUT2D eigenvalue weighted by molar-refractivity contribution is 0.254. The fourth-order valence-corrected chi connectivity index (χ4v) is 1.10. The standard InChI is InChI=1S/C10H15N3O2/c1-4-7-5-8(15-3)6-9(12-7)13-10(14)11-2/h5-6H,4H2,1-3H3,(H2,11,12,13,14). The van der Waals surface area contributed by atoms with Crippen LogP contribution in [0.5, 0.6) is 5.75 Å². The molecule has 0 saturated heterocycles. The second kappa shape index (κ2) is 5.19. The minimum atomic E-state index is -0.294. The van der Waals surface area contributed by atoms with Crippen molar-refractivity contribution in [3.8, 4) is 5.75 Å². The number of hydrogen-bond donors (Lipinski definition) is 2. The van der Waals surface area contributed by atoms with Crippen LogP contribution in [0.1, 0.15) is 12.6 Å². The maximum atomic E-state index is 11.1. The Hall–Kier alpha value is -1.78. The minimum Gasteiger partial charge on any atom is -0.497 e. The van der Waals surface area contributed by atoms with E-state index in [9.17, 15) is 4.79 Å². The molecule has 0 bridgehead atoms. The van der Waals surface area contributed by atoms with Crippen LogP contribution in [0.25, 0.3) is 0 Å². The topological polar surface area (TPSA) is 63.2 Å². The maximum absolute atomic E-state index is 11.1. The number of nitrogens with one attached hydrogen (secondary N) is 2. The summed E-state index contributed by atoms with van der Waals surface area (Å²) in [6.45, 7) is 1.99. The minimum absolute atomic E-state index is 0.294. The Balaban J connectivity index is 2.91. The highest BCUT2D eigenvalue weighted by atomic mass is 16.5. The van der Waals surface area contributed by atoms with E-state index in [2.05, 4.69) is 15.6 Å². The molecule has 15 heavy (non-hydrogen) atoms. The zero-order chi connectivity index (χ0) is 11.3. The Kier molecular flexibility index (Phi) is 3.91. The molecule has 5 heteroatoms. The number of urea groups is 1. The summed E-state index contributed by atoms with van der Waals surface area (Å²) in [5, 5.41) is 5.06. The van der Waals surface area contributed by atoms with Gasteiger partial charge in [-0.3, -0.25) is 5.32 Å². The molecular weight excluding hydrogens is 194 g/mol. The zero-order valence-electron chi connectivity index (χ0n) is 9.13. The van der Waals surface area contributed by atoms with Crippen molar-refractivity contribution in [3.05, 3.63) is 17.8 Å². The molecule has 0 aliphatic carbocycles. The van der Waals surface area contributed by atoms with E-state index in [0.29, 0.717) is 11.6 Å². The molecule has 1 aromatic heterocycles. The van der Waals surface area contributed by atoms with Crippen LogP contribution in [0.4, 0.5) is 10.6 Å². The van der Waals surface area contributed by atoms with Gasteiger partial charge in [-0.15, -0.1) is 0 Å². The maximum Gasteiger partial charge on any atom is 0.320 e. The molecular formula is C10H15N3O2. The Morgan fingerprint density at radius 2 is 2.27 bits per heavy atom. The second-order valence-corrected chi connectivity index (χ2v) is 2.94. The van der Waals surface area contributed by atoms with Crippen molar-refractivity contribution in [1.82, 2.24) is 10.3 Å². The molecule has 0 aromatic carbocycles. The van der Waals surface area contributed by atoms with Crippen LogP contribution < -0.4 is 15.4 Å². The van der Waals surface area contributed by atoms with Crippen molar-refractivity contribution in [3.63, 3.8) is 0 Å². The summed E-state index contributed by atoms with van der Waals surface area (Å²) in [6.07, 6.45) is 0.791. The number of amides is 2. The van der Waals surface area contributed by atoms with Gasteiger partial charge in [-0.05, 0) is 6.42 Å². The van der Waals surface area contributed by atoms with Crippen molar-refractivity contribution in [1.29, 1.82) is 0 Å². The SMILES string of the molecule is CCc1cc(OC)cc(NC(=O)NC)n1. The first-order valence-corrected chi connectivity index (χ1v) is 4.73. The van der Waals surface area contributed by atoms with E-state index >= 15 is 0 Å². The number of hydrogen-bond acceptors (Lipinski definition) is 3. The van der Waals surface area contributed by atoms with Gasteiger partial charge in [0.1, 0.15) is 11.6 Å². The van der Waals surface area contributed by atoms with E-state index < -0.39 is 0 Å². The smallest absolute Gasteiger partial charge is 0.320 e. The first-order chi connectivity index (χ1) is 7.19. The first-order valence-electron chi connectivity index (χ1n) is 4.73. The number of anilines is 1. The largest absolute Gasteiger partial charge is 0.497 e. The number of carbonyl (C=O) groups excluding carboxylic acids is 1. The third-order valence-corrected chi connectivity index (χ3v) is 1.92. The van der Waals surface area contributed by atoms with Crippen LogP contribution in [-0.4, -0.2) is 25.2 Å². The Morgan fingerprint density at radius 3 is 2.80 bits per heavy atom. The zero-order valence-corrected chi connectivity index (χ0v) is 9.13. The average Bonchev–Trinajstić information content (AvgIpc) is 2.28. The summed E-state index contributed by atoms with van der Waals surface area (Å²) in [5.41, 5.74) is 0.876. The highest BCUT2D eigenvalue weighted by molar-refractivity contribution is 5.88. The molecule has 0 aliphatic rings. The number of methoxy groups -OCH3 is 1. The molecule has 0 aliphatic heterocycles. The van der Waals surface area contributed by atoms with Gasteiger partial charge in [0.15, 0.2) is 0 Å². The summed E-state index contributed by atoms with van der Waals surface area (Å²) in [4.78, 5) is 15.3. The van der Waals surface area contributed by atoms with Gasteiger partial charge < -0.3 is 10.1 Å². The lowest BCUT2D eigenvalue weighted by Crippen LogP contribution is -2.25. The third kappa shape index (κ3) is 3.12. The average molecular weight is 209 g/mol. The molecule has 0 unspecified atom stereocenters. The molecule has 0 saturated carbocycles. The van der Waals surface area contributed by atoms with Gasteiger partial charge in [-0.25, -0.2) is 9.78 Å². The third-order valence-electron chi connectivity index (χ3n) is 1.92. The van der Waals surface area contributed by atoms with Crippen LogP contribution in [0.15, 0.2) is 12.1 Å². The Morgan fingerprint density at radius 1 is 1.53 bits per heavy atom. The molecule has 5 nitrogen and oxygen atoms in total. The van der Waals surface area contributed by atoms with Gasteiger partial charge in [0, 0.05) is 24.9 Å². The quantitative estimate of drug-likeness (QED) is 0.791. The highest BCUT2D eigenvalue weighted by Gasteiger charge is 2.04. The van der Waals surface area contributed by atoms with Gasteiger partial charge in [0.25, 0.3) is 0 Å². The van der Waals surface area contributed by atoms with Crippen LogP contribution in [-0.2, 0) is 6.42 Å². The van der Waals surface area contributed by atoms with Gasteiger partial charge in [0.2, 0.25) is 0 Å². The molecule has 0 fully saturated rings. The fraction of sp³-hybridized carbons (Fsp3) is 0.400. The summed E-state index contributed by atoms with van der Waals surface area (Å²) in [5.74, 6) is 1.18. The van der Waals surface area contributed by atoms with E-state index in [4.69, 9.17) is 4.74 Å². The normalized spacial score (nSPS) is 9.53. The van der Waals surface area contributed by atoms with E-state index in [1.165, 1.54) is 0 Å². The van der Waals surface area contributed by atoms with E-state index in [0.717, 1.165) is 12.1 Å². The van der Waals surface area contributed by atoms with Crippen molar-refractivity contribution < 1.29 is 9.53 Å². The molecule has 0 spiro atoms. The molecule has 1 aromatic rings. The van der Waals surface area contributed by atoms with E-state index in [1.807, 2.05) is 13.0 Å². The predicted octanol–water partition coefficient (Wildman–Crippen LogP) is 1.40. The van der Waals surface area contributed by atoms with E-state index in [1.54, 1.807) is 20.2 Å². The lowest BCUT2D eigenvalue weighted by atomic mass is 10.3. The fourth-order valence-electron chi connectivity index (χ4n) is 1.10. The van der Waals surface area contributed by atoms with Crippen LogP contribution in [0, 0.1) is 0 Å². The first kappa shape index (κ1) is 11.3. The van der Waals surface area contributed by atoms with Crippen molar-refractivity contribution in [2.24, 2.45) is 0 Å². The van der Waals surface area contributed by atoms with Crippen molar-refractivity contribution >= 4 is 11.8 Å². The number of nitrogens with zero attached hydrogens (tertiary/aromatic N) is 1. The molecule has 2 N–H and O–H groups in total. The number of rotatable bonds is 3. The summed E-state index contributed by atoms with van der Waals surface area (Å²) in [6, 6.07) is 3.22. The molecule has 1 heterocycles. The lowest BCUT2D eigenvalue weighted by Gasteiger charge is -2.07. The molecule has 0 atom stereocenters. The van der Waals surface area contributed by atoms with Crippen molar-refractivity contribution in [2.45, 2.75) is 13.3 Å². The number of aromatic nitrogens is 1. The molecule has 82 valence electrons. The molecule has 2 amide bonds. The van der Waals surface area contributed by atoms with Crippen LogP contribution in [0.2, 0.25) is 0 Å². The van der Waals surface area contributed by atoms with Gasteiger partial charge >= 0.3 is 6.03 Å². The molecule has 1 rings (SSSR count). The number of carbonyl (C=O) groups is 1. The highest BCUT2D eigenvalue weighted by Crippen LogP contribution is 2.17. The van der Waals surface area contributed by atoms with Gasteiger partial charge in [-0.2, -0.15) is 0 Å².